The molecule has 0 N–H and O–H groups in total. The molecule has 1 aliphatic rings. The van der Waals surface area contributed by atoms with E-state index in [1.807, 2.05) is 49.1 Å². The first kappa shape index (κ1) is 19.1. The van der Waals surface area contributed by atoms with Crippen LogP contribution in [0.5, 0.6) is 0 Å². The normalized spacial score (nSPS) is 14.4. The van der Waals surface area contributed by atoms with E-state index in [2.05, 4.69) is 6.07 Å². The first-order valence-corrected chi connectivity index (χ1v) is 9.43. The minimum Gasteiger partial charge on any atom is -0.469 e. The third-order valence-electron chi connectivity index (χ3n) is 5.09. The van der Waals surface area contributed by atoms with Crippen molar-refractivity contribution in [1.29, 1.82) is 0 Å². The zero-order chi connectivity index (χ0) is 19.4. The van der Waals surface area contributed by atoms with Crippen LogP contribution >= 0.6 is 0 Å². The van der Waals surface area contributed by atoms with Crippen molar-refractivity contribution in [2.45, 2.75) is 45.4 Å². The SMILES string of the molecule is COC(=O)CCc1ccc2c(n1)N(C(=O)[C@H](C)c1cccc(C)c1)CCC2. The molecule has 0 saturated carbocycles. The Labute approximate surface area is 160 Å². The Morgan fingerprint density at radius 2 is 2.07 bits per heavy atom. The highest BCUT2D eigenvalue weighted by atomic mass is 16.5. The van der Waals surface area contributed by atoms with Crippen molar-refractivity contribution in [1.82, 2.24) is 4.98 Å². The van der Waals surface area contributed by atoms with Crippen molar-refractivity contribution in [3.63, 3.8) is 0 Å². The first-order valence-electron chi connectivity index (χ1n) is 9.43. The quantitative estimate of drug-likeness (QED) is 0.759. The second-order valence-electron chi connectivity index (χ2n) is 7.09. The van der Waals surface area contributed by atoms with Gasteiger partial charge in [-0.3, -0.25) is 14.5 Å². The number of aromatic nitrogens is 1. The highest BCUT2D eigenvalue weighted by molar-refractivity contribution is 5.98. The Morgan fingerprint density at radius 3 is 2.81 bits per heavy atom. The summed E-state index contributed by atoms with van der Waals surface area (Å²) in [5, 5.41) is 0. The van der Waals surface area contributed by atoms with Crippen molar-refractivity contribution < 1.29 is 14.3 Å². The Bertz CT molecular complexity index is 847. The molecule has 3 rings (SSSR count). The Morgan fingerprint density at radius 1 is 1.26 bits per heavy atom. The van der Waals surface area contributed by atoms with E-state index in [0.717, 1.165) is 41.0 Å². The van der Waals surface area contributed by atoms with Gasteiger partial charge in [0, 0.05) is 18.7 Å². The van der Waals surface area contributed by atoms with Crippen LogP contribution in [-0.2, 0) is 27.2 Å². The maximum Gasteiger partial charge on any atom is 0.305 e. The van der Waals surface area contributed by atoms with Crippen LogP contribution in [0.2, 0.25) is 0 Å². The van der Waals surface area contributed by atoms with Crippen LogP contribution < -0.4 is 4.90 Å². The number of carbonyl (C=O) groups is 2. The molecule has 1 atom stereocenters. The van der Waals surface area contributed by atoms with Crippen LogP contribution in [0.3, 0.4) is 0 Å². The Kier molecular flexibility index (Phi) is 5.89. The predicted molar refractivity (Wildman–Crippen MR) is 105 cm³/mol. The summed E-state index contributed by atoms with van der Waals surface area (Å²) in [7, 11) is 1.38. The standard InChI is InChI=1S/C22H26N2O3/c1-15-6-4-7-18(14-15)16(2)22(26)24-13-5-8-17-9-10-19(23-21(17)24)11-12-20(25)27-3/h4,6-7,9-10,14,16H,5,8,11-13H2,1-3H3/t16-/m1/s1. The van der Waals surface area contributed by atoms with Crippen LogP contribution in [0.4, 0.5) is 5.82 Å². The molecule has 0 spiro atoms. The molecule has 2 aromatic rings. The number of anilines is 1. The molecule has 0 unspecified atom stereocenters. The van der Waals surface area contributed by atoms with Gasteiger partial charge in [-0.05, 0) is 43.9 Å². The molecule has 1 aromatic carbocycles. The van der Waals surface area contributed by atoms with Gasteiger partial charge in [-0.15, -0.1) is 0 Å². The zero-order valence-corrected chi connectivity index (χ0v) is 16.2. The third-order valence-corrected chi connectivity index (χ3v) is 5.09. The number of aryl methyl sites for hydroxylation is 3. The fourth-order valence-electron chi connectivity index (χ4n) is 3.48. The molecule has 5 nitrogen and oxygen atoms in total. The van der Waals surface area contributed by atoms with Gasteiger partial charge in [0.05, 0.1) is 19.4 Å². The highest BCUT2D eigenvalue weighted by Crippen LogP contribution is 2.29. The second-order valence-corrected chi connectivity index (χ2v) is 7.09. The molecule has 1 aliphatic heterocycles. The van der Waals surface area contributed by atoms with Gasteiger partial charge in [-0.2, -0.15) is 0 Å². The lowest BCUT2D eigenvalue weighted by molar-refractivity contribution is -0.140. The van der Waals surface area contributed by atoms with E-state index in [1.54, 1.807) is 0 Å². The average molecular weight is 366 g/mol. The van der Waals surface area contributed by atoms with Gasteiger partial charge in [0.1, 0.15) is 5.82 Å². The number of hydrogen-bond acceptors (Lipinski definition) is 4. The maximum absolute atomic E-state index is 13.2. The van der Waals surface area contributed by atoms with E-state index >= 15 is 0 Å². The lowest BCUT2D eigenvalue weighted by atomic mass is 9.96. The number of benzene rings is 1. The van der Waals surface area contributed by atoms with Gasteiger partial charge < -0.3 is 4.74 Å². The van der Waals surface area contributed by atoms with Crippen LogP contribution in [0, 0.1) is 6.92 Å². The summed E-state index contributed by atoms with van der Waals surface area (Å²) in [4.78, 5) is 31.1. The molecule has 0 radical (unpaired) electrons. The summed E-state index contributed by atoms with van der Waals surface area (Å²) in [6.07, 6.45) is 2.65. The lowest BCUT2D eigenvalue weighted by Crippen LogP contribution is -2.39. The summed E-state index contributed by atoms with van der Waals surface area (Å²) in [5.41, 5.74) is 4.07. The monoisotopic (exact) mass is 366 g/mol. The molecule has 2 heterocycles. The molecule has 0 saturated heterocycles. The molecule has 142 valence electrons. The Balaban J connectivity index is 1.83. The minimum absolute atomic E-state index is 0.0687. The number of carbonyl (C=O) groups excluding carboxylic acids is 2. The van der Waals surface area contributed by atoms with Crippen LogP contribution in [0.15, 0.2) is 36.4 Å². The molecule has 27 heavy (non-hydrogen) atoms. The van der Waals surface area contributed by atoms with Crippen molar-refractivity contribution in [3.8, 4) is 0 Å². The zero-order valence-electron chi connectivity index (χ0n) is 16.2. The van der Waals surface area contributed by atoms with E-state index < -0.39 is 0 Å². The molecule has 5 heteroatoms. The van der Waals surface area contributed by atoms with Crippen molar-refractivity contribution in [2.24, 2.45) is 0 Å². The van der Waals surface area contributed by atoms with Crippen LogP contribution in [0.25, 0.3) is 0 Å². The minimum atomic E-state index is -0.254. The topological polar surface area (TPSA) is 59.5 Å². The van der Waals surface area contributed by atoms with Gasteiger partial charge in [-0.25, -0.2) is 4.98 Å². The van der Waals surface area contributed by atoms with E-state index in [9.17, 15) is 9.59 Å². The van der Waals surface area contributed by atoms with E-state index in [-0.39, 0.29) is 24.2 Å². The number of amides is 1. The molecule has 1 amide bonds. The Hall–Kier alpha value is -2.69. The number of ether oxygens (including phenoxy) is 1. The molecular formula is C22H26N2O3. The first-order chi connectivity index (χ1) is 13.0. The van der Waals surface area contributed by atoms with Gasteiger partial charge >= 0.3 is 5.97 Å². The number of pyridine rings is 1. The summed E-state index contributed by atoms with van der Waals surface area (Å²) in [5.74, 6) is 0.333. The molecule has 0 fully saturated rings. The predicted octanol–water partition coefficient (Wildman–Crippen LogP) is 3.58. The number of fused-ring (bicyclic) bond motifs is 1. The second kappa shape index (κ2) is 8.33. The number of hydrogen-bond donors (Lipinski definition) is 0. The van der Waals surface area contributed by atoms with Crippen molar-refractivity contribution in [2.75, 3.05) is 18.6 Å². The summed E-state index contributed by atoms with van der Waals surface area (Å²) >= 11 is 0. The number of methoxy groups -OCH3 is 1. The summed E-state index contributed by atoms with van der Waals surface area (Å²) in [6.45, 7) is 4.66. The number of esters is 1. The van der Waals surface area contributed by atoms with E-state index in [1.165, 1.54) is 7.11 Å². The maximum atomic E-state index is 13.2. The fourth-order valence-corrected chi connectivity index (χ4v) is 3.48. The van der Waals surface area contributed by atoms with Crippen LogP contribution in [0.1, 0.15) is 48.1 Å². The lowest BCUT2D eigenvalue weighted by Gasteiger charge is -2.31. The van der Waals surface area contributed by atoms with Gasteiger partial charge in [0.25, 0.3) is 0 Å². The summed E-state index contributed by atoms with van der Waals surface area (Å²) < 4.78 is 4.70. The largest absolute Gasteiger partial charge is 0.469 e. The molecular weight excluding hydrogens is 340 g/mol. The average Bonchev–Trinajstić information content (AvgIpc) is 2.70. The number of rotatable bonds is 5. The smallest absolute Gasteiger partial charge is 0.305 e. The van der Waals surface area contributed by atoms with Crippen molar-refractivity contribution >= 4 is 17.7 Å². The van der Waals surface area contributed by atoms with E-state index in [0.29, 0.717) is 13.0 Å². The number of nitrogens with zero attached hydrogens (tertiary/aromatic N) is 2. The molecule has 0 aliphatic carbocycles. The fraction of sp³-hybridized carbons (Fsp3) is 0.409. The molecule has 1 aromatic heterocycles. The van der Waals surface area contributed by atoms with Gasteiger partial charge in [0.15, 0.2) is 0 Å². The summed E-state index contributed by atoms with van der Waals surface area (Å²) in [6, 6.07) is 12.1. The molecule has 0 bridgehead atoms. The van der Waals surface area contributed by atoms with Gasteiger partial charge in [-0.1, -0.05) is 35.9 Å². The highest BCUT2D eigenvalue weighted by Gasteiger charge is 2.28. The van der Waals surface area contributed by atoms with Crippen LogP contribution in [-0.4, -0.2) is 30.5 Å². The van der Waals surface area contributed by atoms with Gasteiger partial charge in [0.2, 0.25) is 5.91 Å². The third kappa shape index (κ3) is 4.35. The van der Waals surface area contributed by atoms with E-state index in [4.69, 9.17) is 9.72 Å². The van der Waals surface area contributed by atoms with Crippen molar-refractivity contribution in [3.05, 3.63) is 58.8 Å².